The smallest absolute Gasteiger partial charge is 0.157 e. The van der Waals surface area contributed by atoms with Gasteiger partial charge in [0.05, 0.1) is 11.7 Å². The highest BCUT2D eigenvalue weighted by Gasteiger charge is 2.39. The summed E-state index contributed by atoms with van der Waals surface area (Å²) in [7, 11) is 0. The van der Waals surface area contributed by atoms with E-state index in [-0.39, 0.29) is 29.2 Å². The minimum Gasteiger partial charge on any atom is -0.506 e. The van der Waals surface area contributed by atoms with E-state index in [1.165, 1.54) is 18.2 Å². The van der Waals surface area contributed by atoms with E-state index in [9.17, 15) is 13.9 Å². The van der Waals surface area contributed by atoms with Crippen molar-refractivity contribution in [2.45, 2.75) is 12.5 Å². The number of aromatic hydroxyl groups is 1. The van der Waals surface area contributed by atoms with Crippen LogP contribution in [0.1, 0.15) is 23.6 Å². The van der Waals surface area contributed by atoms with Gasteiger partial charge in [0.2, 0.25) is 0 Å². The first-order valence-electron chi connectivity index (χ1n) is 11.6. The maximum absolute atomic E-state index is 13.6. The number of rotatable bonds is 7. The lowest BCUT2D eigenvalue weighted by atomic mass is 9.80. The molecule has 0 saturated carbocycles. The molecule has 0 spiro atoms. The summed E-state index contributed by atoms with van der Waals surface area (Å²) in [4.78, 5) is 2.18. The quantitative estimate of drug-likeness (QED) is 0.415. The van der Waals surface area contributed by atoms with Gasteiger partial charge in [-0.15, -0.1) is 0 Å². The van der Waals surface area contributed by atoms with Crippen molar-refractivity contribution in [1.29, 1.82) is 0 Å². The van der Waals surface area contributed by atoms with E-state index in [1.807, 2.05) is 37.3 Å². The Morgan fingerprint density at radius 1 is 1.09 bits per heavy atom. The van der Waals surface area contributed by atoms with E-state index in [1.54, 1.807) is 18.2 Å². The molecule has 1 saturated heterocycles. The van der Waals surface area contributed by atoms with Crippen LogP contribution in [0.3, 0.4) is 0 Å². The number of phenols is 1. The molecule has 1 unspecified atom stereocenters. The van der Waals surface area contributed by atoms with Crippen LogP contribution in [0.25, 0.3) is 11.6 Å². The second-order valence-electron chi connectivity index (χ2n) is 9.16. The Kier molecular flexibility index (Phi) is 6.43. The van der Waals surface area contributed by atoms with E-state index in [2.05, 4.69) is 4.90 Å². The van der Waals surface area contributed by atoms with Gasteiger partial charge in [0, 0.05) is 36.7 Å². The Labute approximate surface area is 208 Å². The first-order chi connectivity index (χ1) is 16.9. The summed E-state index contributed by atoms with van der Waals surface area (Å²) in [5, 5.41) is 10.3. The van der Waals surface area contributed by atoms with Gasteiger partial charge in [0.15, 0.2) is 5.60 Å². The Morgan fingerprint density at radius 3 is 2.49 bits per heavy atom. The molecule has 1 fully saturated rings. The molecule has 2 aliphatic heterocycles. The van der Waals surface area contributed by atoms with Gasteiger partial charge in [-0.05, 0) is 60.5 Å². The van der Waals surface area contributed by atoms with Gasteiger partial charge < -0.3 is 14.6 Å². The third kappa shape index (κ3) is 4.60. The van der Waals surface area contributed by atoms with Gasteiger partial charge in [-0.25, -0.2) is 4.39 Å². The van der Waals surface area contributed by atoms with Crippen LogP contribution in [-0.2, 0) is 5.60 Å². The average Bonchev–Trinajstić information content (AvgIpc) is 2.84. The second kappa shape index (κ2) is 9.51. The third-order valence-electron chi connectivity index (χ3n) is 6.72. The number of halogens is 3. The maximum atomic E-state index is 13.6. The molecular weight excluding hydrogens is 472 g/mol. The van der Waals surface area contributed by atoms with E-state index in [4.69, 9.17) is 21.1 Å². The van der Waals surface area contributed by atoms with Gasteiger partial charge in [-0.2, -0.15) is 0 Å². The molecule has 35 heavy (non-hydrogen) atoms. The molecule has 2 heterocycles. The Hall–Kier alpha value is -3.09. The van der Waals surface area contributed by atoms with Crippen LogP contribution in [0.2, 0.25) is 5.02 Å². The van der Waals surface area contributed by atoms with Crippen LogP contribution in [-0.4, -0.2) is 42.9 Å². The van der Waals surface area contributed by atoms with Crippen molar-refractivity contribution in [2.75, 3.05) is 32.9 Å². The van der Waals surface area contributed by atoms with E-state index < -0.39 is 5.60 Å². The van der Waals surface area contributed by atoms with Crippen molar-refractivity contribution < 1.29 is 23.4 Å². The molecule has 0 aliphatic carbocycles. The largest absolute Gasteiger partial charge is 0.506 e. The molecule has 4 nitrogen and oxygen atoms in total. The van der Waals surface area contributed by atoms with Crippen molar-refractivity contribution >= 4 is 23.3 Å². The van der Waals surface area contributed by atoms with Crippen LogP contribution in [0.4, 0.5) is 8.78 Å². The minimum atomic E-state index is -0.900. The lowest BCUT2D eigenvalue weighted by molar-refractivity contribution is 0.0668. The zero-order valence-electron chi connectivity index (χ0n) is 19.3. The summed E-state index contributed by atoms with van der Waals surface area (Å²) in [5.74, 6) is 1.08. The summed E-state index contributed by atoms with van der Waals surface area (Å²) in [6, 6.07) is 17.1. The molecule has 1 atom stereocenters. The third-order valence-corrected chi connectivity index (χ3v) is 7.12. The van der Waals surface area contributed by atoms with E-state index in [0.29, 0.717) is 17.9 Å². The van der Waals surface area contributed by atoms with Crippen molar-refractivity contribution in [3.8, 4) is 17.2 Å². The fraction of sp³-hybridized carbons (Fsp3) is 0.286. The number of likely N-dealkylation sites (tertiary alicyclic amines) is 1. The second-order valence-corrected chi connectivity index (χ2v) is 9.54. The molecule has 3 aromatic rings. The molecule has 2 aliphatic rings. The van der Waals surface area contributed by atoms with E-state index in [0.717, 1.165) is 42.1 Å². The molecular formula is C28H26ClF2NO3. The topological polar surface area (TPSA) is 41.9 Å². The number of ether oxygens (including phenoxy) is 2. The zero-order valence-corrected chi connectivity index (χ0v) is 20.1. The summed E-state index contributed by atoms with van der Waals surface area (Å²) >= 11 is 6.38. The molecule has 5 rings (SSSR count). The van der Waals surface area contributed by atoms with Crippen LogP contribution >= 0.6 is 11.6 Å². The van der Waals surface area contributed by atoms with Gasteiger partial charge >= 0.3 is 0 Å². The molecule has 1 N–H and O–H groups in total. The van der Waals surface area contributed by atoms with Crippen molar-refractivity contribution in [3.05, 3.63) is 88.2 Å². The van der Waals surface area contributed by atoms with Gasteiger partial charge in [-0.1, -0.05) is 35.9 Å². The molecule has 0 radical (unpaired) electrons. The Bertz CT molecular complexity index is 1240. The molecule has 0 bridgehead atoms. The Balaban J connectivity index is 1.41. The first-order valence-corrected chi connectivity index (χ1v) is 12.0. The van der Waals surface area contributed by atoms with Gasteiger partial charge in [-0.3, -0.25) is 9.29 Å². The predicted octanol–water partition coefficient (Wildman–Crippen LogP) is 6.31. The lowest BCUT2D eigenvalue weighted by Gasteiger charge is -2.38. The summed E-state index contributed by atoms with van der Waals surface area (Å²) in [6.45, 7) is 4.56. The monoisotopic (exact) mass is 497 g/mol. The number of fused-ring (bicyclic) bond motifs is 1. The zero-order chi connectivity index (χ0) is 24.6. The highest BCUT2D eigenvalue weighted by Crippen LogP contribution is 2.49. The molecule has 0 amide bonds. The van der Waals surface area contributed by atoms with Crippen LogP contribution in [0.15, 0.2) is 60.7 Å². The number of hydrogen-bond acceptors (Lipinski definition) is 4. The van der Waals surface area contributed by atoms with Crippen molar-refractivity contribution in [2.24, 2.45) is 5.92 Å². The fourth-order valence-corrected chi connectivity index (χ4v) is 4.88. The summed E-state index contributed by atoms with van der Waals surface area (Å²) < 4.78 is 38.6. The average molecular weight is 498 g/mol. The van der Waals surface area contributed by atoms with Crippen LogP contribution in [0.5, 0.6) is 17.2 Å². The fourth-order valence-electron chi connectivity index (χ4n) is 4.67. The first kappa shape index (κ1) is 23.6. The number of phenolic OH excluding ortho intramolecular Hbond substituents is 1. The lowest BCUT2D eigenvalue weighted by Crippen LogP contribution is -2.49. The van der Waals surface area contributed by atoms with Crippen LogP contribution < -0.4 is 9.47 Å². The molecule has 0 aromatic heterocycles. The number of alkyl halides is 1. The SMILES string of the molecule is CC1(c2ccc(OCCN3CC(CF)C3)cc2)Oc2ccc(O)c(Cl)c2C=C1c1ccc(F)cc1. The van der Waals surface area contributed by atoms with Crippen LogP contribution in [0, 0.1) is 11.7 Å². The summed E-state index contributed by atoms with van der Waals surface area (Å²) in [6.07, 6.45) is 1.89. The van der Waals surface area contributed by atoms with Gasteiger partial charge in [0.25, 0.3) is 0 Å². The Morgan fingerprint density at radius 2 is 1.80 bits per heavy atom. The molecule has 182 valence electrons. The summed E-state index contributed by atoms with van der Waals surface area (Å²) in [5.41, 5.74) is 2.11. The normalized spacial score (nSPS) is 19.9. The molecule has 3 aromatic carbocycles. The van der Waals surface area contributed by atoms with Crippen molar-refractivity contribution in [1.82, 2.24) is 4.90 Å². The van der Waals surface area contributed by atoms with Gasteiger partial charge in [0.1, 0.15) is 29.7 Å². The maximum Gasteiger partial charge on any atom is 0.157 e. The standard InChI is InChI=1S/C28H26ClF2NO3/c1-28(20-4-8-22(9-5-20)34-13-12-32-16-18(15-30)17-32)24(19-2-6-21(31)7-3-19)14-23-26(35-28)11-10-25(33)27(23)29/h2-11,14,18,33H,12-13,15-17H2,1H3. The number of benzene rings is 3. The number of hydrogen-bond donors (Lipinski definition) is 1. The number of nitrogens with zero attached hydrogens (tertiary/aromatic N) is 1. The van der Waals surface area contributed by atoms with Crippen molar-refractivity contribution in [3.63, 3.8) is 0 Å². The predicted molar refractivity (Wildman–Crippen MR) is 133 cm³/mol. The molecule has 7 heteroatoms. The van der Waals surface area contributed by atoms with E-state index >= 15 is 0 Å². The minimum absolute atomic E-state index is 0.0349. The highest BCUT2D eigenvalue weighted by molar-refractivity contribution is 6.34. The highest BCUT2D eigenvalue weighted by atomic mass is 35.5.